The first kappa shape index (κ1) is 39.0. The fraction of sp³-hybridized carbons (Fsp3) is 0.677. The van der Waals surface area contributed by atoms with Crippen molar-refractivity contribution in [2.45, 2.75) is 122 Å². The van der Waals surface area contributed by atoms with Gasteiger partial charge in [-0.2, -0.15) is 0 Å². The van der Waals surface area contributed by atoms with Gasteiger partial charge in [0.15, 0.2) is 6.10 Å². The predicted octanol–water partition coefficient (Wildman–Crippen LogP) is 7.03. The summed E-state index contributed by atoms with van der Waals surface area (Å²) in [4.78, 5) is 42.1. The minimum Gasteiger partial charge on any atom is -0.462 e. The molecule has 0 fully saturated rings. The molecule has 0 saturated heterocycles. The Balaban J connectivity index is 4.28. The van der Waals surface area contributed by atoms with Crippen LogP contribution < -0.4 is 0 Å². The number of unbranched alkanes of at least 4 members (excludes halogenated alkanes) is 7. The van der Waals surface area contributed by atoms with Gasteiger partial charge < -0.3 is 24.4 Å². The third kappa shape index (κ3) is 29.3. The number of aliphatic hydroxyl groups excluding tert-OH is 1. The molecule has 2 atom stereocenters. The number of phosphoric ester groups is 1. The molecular formula is C31H53O9P. The van der Waals surface area contributed by atoms with Crippen molar-refractivity contribution in [1.82, 2.24) is 0 Å². The minimum atomic E-state index is -4.79. The number of aliphatic hydroxyl groups is 1. The maximum absolute atomic E-state index is 12.2. The largest absolute Gasteiger partial charge is 0.469 e. The topological polar surface area (TPSA) is 140 Å². The van der Waals surface area contributed by atoms with Crippen LogP contribution in [0, 0.1) is 0 Å². The summed E-state index contributed by atoms with van der Waals surface area (Å²) in [5, 5.41) is 10.1. The van der Waals surface area contributed by atoms with E-state index in [1.165, 1.54) is 19.3 Å². The average Bonchev–Trinajstić information content (AvgIpc) is 2.92. The number of carbonyl (C=O) groups excluding carboxylic acids is 2. The lowest BCUT2D eigenvalue weighted by atomic mass is 10.1. The lowest BCUT2D eigenvalue weighted by Crippen LogP contribution is -2.29. The second kappa shape index (κ2) is 26.8. The van der Waals surface area contributed by atoms with Crippen molar-refractivity contribution < 1.29 is 43.0 Å². The van der Waals surface area contributed by atoms with Crippen molar-refractivity contribution in [3.8, 4) is 0 Å². The Bertz CT molecular complexity index is 829. The fourth-order valence-corrected chi connectivity index (χ4v) is 4.01. The summed E-state index contributed by atoms with van der Waals surface area (Å²) in [6.07, 6.45) is 26.4. The highest BCUT2D eigenvalue weighted by atomic mass is 31.2. The van der Waals surface area contributed by atoms with Gasteiger partial charge in [0.05, 0.1) is 12.7 Å². The van der Waals surface area contributed by atoms with E-state index in [1.54, 1.807) is 12.2 Å². The summed E-state index contributed by atoms with van der Waals surface area (Å²) >= 11 is 0. The number of hydrogen-bond acceptors (Lipinski definition) is 7. The number of rotatable bonds is 26. The maximum atomic E-state index is 12.2. The monoisotopic (exact) mass is 600 g/mol. The fourth-order valence-electron chi connectivity index (χ4n) is 3.65. The molecule has 0 amide bonds. The third-order valence-electron chi connectivity index (χ3n) is 5.95. The van der Waals surface area contributed by atoms with Gasteiger partial charge >= 0.3 is 19.8 Å². The van der Waals surface area contributed by atoms with Crippen LogP contribution in [-0.4, -0.2) is 52.3 Å². The van der Waals surface area contributed by atoms with Crippen molar-refractivity contribution >= 4 is 19.8 Å². The molecule has 0 aliphatic heterocycles. The molecule has 236 valence electrons. The maximum Gasteiger partial charge on any atom is 0.469 e. The summed E-state index contributed by atoms with van der Waals surface area (Å²) in [5.74, 6) is -1.11. The highest BCUT2D eigenvalue weighted by Crippen LogP contribution is 2.35. The van der Waals surface area contributed by atoms with Gasteiger partial charge in [0.1, 0.15) is 6.61 Å². The van der Waals surface area contributed by atoms with E-state index in [1.807, 2.05) is 12.2 Å². The summed E-state index contributed by atoms with van der Waals surface area (Å²) in [7, 11) is -4.79. The van der Waals surface area contributed by atoms with E-state index in [0.717, 1.165) is 44.9 Å². The first-order chi connectivity index (χ1) is 19.7. The van der Waals surface area contributed by atoms with Crippen LogP contribution in [0.25, 0.3) is 0 Å². The van der Waals surface area contributed by atoms with E-state index >= 15 is 0 Å². The molecule has 0 aromatic carbocycles. The molecule has 10 heteroatoms. The van der Waals surface area contributed by atoms with Gasteiger partial charge in [0.2, 0.25) is 0 Å². The van der Waals surface area contributed by atoms with E-state index in [0.29, 0.717) is 19.3 Å². The number of carbonyl (C=O) groups is 2. The van der Waals surface area contributed by atoms with Crippen LogP contribution in [0.4, 0.5) is 0 Å². The number of esters is 2. The number of hydrogen-bond donors (Lipinski definition) is 3. The molecular weight excluding hydrogens is 547 g/mol. The number of allylic oxidation sites excluding steroid dienone is 7. The average molecular weight is 601 g/mol. The molecule has 0 aromatic rings. The molecule has 3 N–H and O–H groups in total. The van der Waals surface area contributed by atoms with Crippen LogP contribution in [0.5, 0.6) is 0 Å². The molecule has 0 aliphatic carbocycles. The Morgan fingerprint density at radius 1 is 0.756 bits per heavy atom. The summed E-state index contributed by atoms with van der Waals surface area (Å²) in [6, 6.07) is 0. The van der Waals surface area contributed by atoms with Gasteiger partial charge in [-0.15, -0.1) is 0 Å². The highest BCUT2D eigenvalue weighted by molar-refractivity contribution is 7.46. The first-order valence-electron chi connectivity index (χ1n) is 15.0. The zero-order chi connectivity index (χ0) is 30.6. The van der Waals surface area contributed by atoms with Gasteiger partial charge in [-0.3, -0.25) is 14.1 Å². The van der Waals surface area contributed by atoms with E-state index in [9.17, 15) is 19.3 Å². The predicted molar refractivity (Wildman–Crippen MR) is 162 cm³/mol. The molecule has 0 aromatic heterocycles. The van der Waals surface area contributed by atoms with Crippen LogP contribution in [-0.2, 0) is 28.2 Å². The second-order valence-electron chi connectivity index (χ2n) is 9.93. The molecule has 0 saturated carbocycles. The molecule has 0 heterocycles. The Morgan fingerprint density at radius 3 is 2.10 bits per heavy atom. The quantitative estimate of drug-likeness (QED) is 0.0314. The van der Waals surface area contributed by atoms with Gasteiger partial charge in [-0.25, -0.2) is 4.57 Å². The zero-order valence-electron chi connectivity index (χ0n) is 25.0. The van der Waals surface area contributed by atoms with Crippen molar-refractivity contribution in [3.05, 3.63) is 48.6 Å². The normalized spacial score (nSPS) is 14.0. The van der Waals surface area contributed by atoms with Gasteiger partial charge in [-0.1, -0.05) is 101 Å². The Kier molecular flexibility index (Phi) is 25.5. The molecule has 0 rings (SSSR count). The SMILES string of the molecule is CCCCC/C=C\C/C=C\C/C=C\C=C\[C@H](O)CCCC(=O)O[C@H](COC(=O)CCCCCCC)COP(=O)(O)O. The first-order valence-corrected chi connectivity index (χ1v) is 16.6. The standard InChI is InChI=1S/C31H53O9P/c1-3-5-7-9-10-11-12-13-14-15-16-18-19-22-28(32)23-21-25-31(34)40-29(27-39-41(35,36)37)26-38-30(33)24-20-17-8-6-4-2/h10-11,13-14,16,18-19,22,28-29,32H,3-9,12,15,17,20-21,23-27H2,1-2H3,(H2,35,36,37)/b11-10-,14-13-,18-16-,22-19+/t28-,29+/m0/s1. The molecule has 9 nitrogen and oxygen atoms in total. The molecule has 41 heavy (non-hydrogen) atoms. The van der Waals surface area contributed by atoms with Crippen molar-refractivity contribution in [1.29, 1.82) is 0 Å². The van der Waals surface area contributed by atoms with E-state index in [2.05, 4.69) is 42.7 Å². The smallest absolute Gasteiger partial charge is 0.462 e. The van der Waals surface area contributed by atoms with Crippen molar-refractivity contribution in [3.63, 3.8) is 0 Å². The Hall–Kier alpha value is -2.03. The van der Waals surface area contributed by atoms with Crippen LogP contribution >= 0.6 is 7.82 Å². The molecule has 0 unspecified atom stereocenters. The van der Waals surface area contributed by atoms with E-state index in [-0.39, 0.29) is 19.4 Å². The summed E-state index contributed by atoms with van der Waals surface area (Å²) in [6.45, 7) is 3.33. The van der Waals surface area contributed by atoms with Crippen LogP contribution in [0.15, 0.2) is 48.6 Å². The van der Waals surface area contributed by atoms with Crippen LogP contribution in [0.1, 0.15) is 110 Å². The Labute approximate surface area is 247 Å². The third-order valence-corrected chi connectivity index (χ3v) is 6.44. The Morgan fingerprint density at radius 2 is 1.39 bits per heavy atom. The highest BCUT2D eigenvalue weighted by Gasteiger charge is 2.23. The molecule has 0 spiro atoms. The number of phosphoric acid groups is 1. The minimum absolute atomic E-state index is 0.0175. The van der Waals surface area contributed by atoms with E-state index in [4.69, 9.17) is 19.3 Å². The van der Waals surface area contributed by atoms with Gasteiger partial charge in [-0.05, 0) is 44.9 Å². The van der Waals surface area contributed by atoms with E-state index < -0.39 is 38.6 Å². The lowest BCUT2D eigenvalue weighted by Gasteiger charge is -2.18. The van der Waals surface area contributed by atoms with Crippen molar-refractivity contribution in [2.75, 3.05) is 13.2 Å². The van der Waals surface area contributed by atoms with Crippen molar-refractivity contribution in [2.24, 2.45) is 0 Å². The number of ether oxygens (including phenoxy) is 2. The zero-order valence-corrected chi connectivity index (χ0v) is 25.9. The van der Waals surface area contributed by atoms with Crippen LogP contribution in [0.2, 0.25) is 0 Å². The second-order valence-corrected chi connectivity index (χ2v) is 11.2. The summed E-state index contributed by atoms with van der Waals surface area (Å²) < 4.78 is 25.8. The molecule has 0 bridgehead atoms. The van der Waals surface area contributed by atoms with Gasteiger partial charge in [0, 0.05) is 12.8 Å². The summed E-state index contributed by atoms with van der Waals surface area (Å²) in [5.41, 5.74) is 0. The molecule has 0 aliphatic rings. The lowest BCUT2D eigenvalue weighted by molar-refractivity contribution is -0.161. The molecule has 0 radical (unpaired) electrons. The van der Waals surface area contributed by atoms with Crippen LogP contribution in [0.3, 0.4) is 0 Å². The van der Waals surface area contributed by atoms with Gasteiger partial charge in [0.25, 0.3) is 0 Å².